The predicted molar refractivity (Wildman–Crippen MR) is 74.9 cm³/mol. The molecule has 0 saturated carbocycles. The van der Waals surface area contributed by atoms with Gasteiger partial charge >= 0.3 is 0 Å². The highest BCUT2D eigenvalue weighted by atomic mass is 32.1. The molecule has 0 atom stereocenters. The number of hydrogen-bond donors (Lipinski definition) is 2. The first-order valence-electron chi connectivity index (χ1n) is 5.78. The van der Waals surface area contributed by atoms with E-state index in [9.17, 15) is 9.90 Å². The standard InChI is InChI=1S/C11H18N2O4S2/c1-16-10(17-2)4-3-5-12-8(14)6-13-9(15)7-19-11(13)18/h7,10,15H,3-6H2,1-2H3,(H,12,14). The lowest BCUT2D eigenvalue weighted by atomic mass is 10.3. The minimum atomic E-state index is -0.244. The molecular weight excluding hydrogens is 288 g/mol. The quantitative estimate of drug-likeness (QED) is 0.432. The van der Waals surface area contributed by atoms with E-state index in [1.165, 1.54) is 21.3 Å². The lowest BCUT2D eigenvalue weighted by molar-refractivity contribution is -0.122. The fourth-order valence-electron chi connectivity index (χ4n) is 1.50. The monoisotopic (exact) mass is 306 g/mol. The zero-order valence-electron chi connectivity index (χ0n) is 10.9. The molecule has 6 nitrogen and oxygen atoms in total. The van der Waals surface area contributed by atoms with Crippen molar-refractivity contribution in [2.75, 3.05) is 20.8 Å². The van der Waals surface area contributed by atoms with E-state index in [1.807, 2.05) is 0 Å². The van der Waals surface area contributed by atoms with Gasteiger partial charge in [-0.2, -0.15) is 0 Å². The second-order valence-electron chi connectivity index (χ2n) is 3.84. The Labute approximate surface area is 121 Å². The van der Waals surface area contributed by atoms with Gasteiger partial charge in [-0.3, -0.25) is 9.36 Å². The molecule has 108 valence electrons. The molecule has 0 aliphatic rings. The van der Waals surface area contributed by atoms with Crippen LogP contribution in [-0.2, 0) is 20.8 Å². The van der Waals surface area contributed by atoms with Crippen LogP contribution in [0.4, 0.5) is 0 Å². The fraction of sp³-hybridized carbons (Fsp3) is 0.636. The maximum absolute atomic E-state index is 11.7. The van der Waals surface area contributed by atoms with E-state index in [2.05, 4.69) is 5.32 Å². The van der Waals surface area contributed by atoms with Gasteiger partial charge in [0.2, 0.25) is 11.8 Å². The van der Waals surface area contributed by atoms with E-state index in [0.29, 0.717) is 16.9 Å². The van der Waals surface area contributed by atoms with Gasteiger partial charge in [0.05, 0.1) is 5.38 Å². The zero-order valence-corrected chi connectivity index (χ0v) is 12.6. The van der Waals surface area contributed by atoms with Crippen LogP contribution in [0.15, 0.2) is 5.38 Å². The van der Waals surface area contributed by atoms with Gasteiger partial charge in [0.15, 0.2) is 10.2 Å². The average molecular weight is 306 g/mol. The van der Waals surface area contributed by atoms with Crippen LogP contribution >= 0.6 is 23.6 Å². The Bertz CT molecular complexity index is 454. The van der Waals surface area contributed by atoms with E-state index in [4.69, 9.17) is 21.7 Å². The number of nitrogens with zero attached hydrogens (tertiary/aromatic N) is 1. The van der Waals surface area contributed by atoms with Crippen LogP contribution in [0.5, 0.6) is 5.88 Å². The number of amides is 1. The average Bonchev–Trinajstić information content (AvgIpc) is 2.71. The Morgan fingerprint density at radius 3 is 2.79 bits per heavy atom. The Morgan fingerprint density at radius 1 is 1.58 bits per heavy atom. The molecule has 0 bridgehead atoms. The molecule has 0 aliphatic heterocycles. The number of methoxy groups -OCH3 is 2. The number of carbonyl (C=O) groups excluding carboxylic acids is 1. The summed E-state index contributed by atoms with van der Waals surface area (Å²) < 4.78 is 11.9. The molecule has 19 heavy (non-hydrogen) atoms. The molecule has 1 rings (SSSR count). The third-order valence-electron chi connectivity index (χ3n) is 2.53. The summed E-state index contributed by atoms with van der Waals surface area (Å²) in [4.78, 5) is 11.7. The van der Waals surface area contributed by atoms with Crippen molar-refractivity contribution < 1.29 is 19.4 Å². The molecule has 0 fully saturated rings. The Kier molecular flexibility index (Phi) is 7.00. The lowest BCUT2D eigenvalue weighted by Crippen LogP contribution is -2.29. The summed E-state index contributed by atoms with van der Waals surface area (Å²) in [6.07, 6.45) is 1.21. The molecule has 0 saturated heterocycles. The molecule has 0 radical (unpaired) electrons. The van der Waals surface area contributed by atoms with E-state index in [-0.39, 0.29) is 24.6 Å². The SMILES string of the molecule is COC(CCCNC(=O)Cn1c(O)csc1=S)OC. The van der Waals surface area contributed by atoms with Crippen LogP contribution in [0, 0.1) is 3.95 Å². The molecule has 0 spiro atoms. The number of rotatable bonds is 8. The maximum atomic E-state index is 11.7. The third kappa shape index (κ3) is 5.27. The van der Waals surface area contributed by atoms with Crippen molar-refractivity contribution in [1.82, 2.24) is 9.88 Å². The van der Waals surface area contributed by atoms with Crippen LogP contribution < -0.4 is 5.32 Å². The normalized spacial score (nSPS) is 10.9. The Morgan fingerprint density at radius 2 is 2.26 bits per heavy atom. The predicted octanol–water partition coefficient (Wildman–Crippen LogP) is 1.50. The molecule has 0 aliphatic carbocycles. The summed E-state index contributed by atoms with van der Waals surface area (Å²) in [6, 6.07) is 0. The fourth-order valence-corrected chi connectivity index (χ4v) is 2.42. The molecule has 1 amide bonds. The summed E-state index contributed by atoms with van der Waals surface area (Å²) in [5.74, 6) is -0.167. The minimum Gasteiger partial charge on any atom is -0.494 e. The highest BCUT2D eigenvalue weighted by Gasteiger charge is 2.08. The molecule has 1 aromatic heterocycles. The third-order valence-corrected chi connectivity index (χ3v) is 3.79. The van der Waals surface area contributed by atoms with Gasteiger partial charge in [-0.25, -0.2) is 0 Å². The zero-order chi connectivity index (χ0) is 14.3. The maximum Gasteiger partial charge on any atom is 0.240 e. The second kappa shape index (κ2) is 8.26. The number of nitrogens with one attached hydrogen (secondary N) is 1. The Balaban J connectivity index is 2.27. The second-order valence-corrected chi connectivity index (χ2v) is 5.34. The van der Waals surface area contributed by atoms with E-state index in [1.54, 1.807) is 14.2 Å². The summed E-state index contributed by atoms with van der Waals surface area (Å²) in [5.41, 5.74) is 0. The first kappa shape index (κ1) is 16.1. The molecule has 1 heterocycles. The Hall–Kier alpha value is -0.960. The van der Waals surface area contributed by atoms with Gasteiger partial charge in [-0.05, 0) is 18.6 Å². The molecule has 8 heteroatoms. The number of aromatic hydroxyl groups is 1. The first-order valence-corrected chi connectivity index (χ1v) is 7.06. The van der Waals surface area contributed by atoms with Crippen LogP contribution in [0.3, 0.4) is 0 Å². The number of hydrogen-bond acceptors (Lipinski definition) is 6. The van der Waals surface area contributed by atoms with Crippen molar-refractivity contribution in [1.29, 1.82) is 0 Å². The molecule has 1 aromatic rings. The van der Waals surface area contributed by atoms with Crippen LogP contribution in [0.2, 0.25) is 0 Å². The minimum absolute atomic E-state index is 0.0176. The lowest BCUT2D eigenvalue weighted by Gasteiger charge is -2.13. The van der Waals surface area contributed by atoms with Gasteiger partial charge in [0, 0.05) is 27.2 Å². The van der Waals surface area contributed by atoms with Crippen molar-refractivity contribution in [3.8, 4) is 5.88 Å². The van der Waals surface area contributed by atoms with Gasteiger partial charge in [0.1, 0.15) is 6.54 Å². The van der Waals surface area contributed by atoms with Crippen LogP contribution in [0.25, 0.3) is 0 Å². The number of ether oxygens (including phenoxy) is 2. The van der Waals surface area contributed by atoms with Crippen molar-refractivity contribution in [3.63, 3.8) is 0 Å². The van der Waals surface area contributed by atoms with E-state index >= 15 is 0 Å². The van der Waals surface area contributed by atoms with Crippen LogP contribution in [0.1, 0.15) is 12.8 Å². The van der Waals surface area contributed by atoms with E-state index in [0.717, 1.165) is 6.42 Å². The summed E-state index contributed by atoms with van der Waals surface area (Å²) in [6.45, 7) is 0.562. The summed E-state index contributed by atoms with van der Waals surface area (Å²) in [5, 5.41) is 13.7. The molecule has 0 aromatic carbocycles. The van der Waals surface area contributed by atoms with Crippen molar-refractivity contribution >= 4 is 29.5 Å². The van der Waals surface area contributed by atoms with Crippen molar-refractivity contribution in [2.24, 2.45) is 0 Å². The summed E-state index contributed by atoms with van der Waals surface area (Å²) >= 11 is 6.23. The van der Waals surface area contributed by atoms with Crippen LogP contribution in [-0.4, -0.2) is 42.6 Å². The number of carbonyl (C=O) groups is 1. The summed E-state index contributed by atoms with van der Waals surface area (Å²) in [7, 11) is 3.15. The molecular formula is C11H18N2O4S2. The largest absolute Gasteiger partial charge is 0.494 e. The van der Waals surface area contributed by atoms with Crippen molar-refractivity contribution in [2.45, 2.75) is 25.7 Å². The molecule has 2 N–H and O–H groups in total. The van der Waals surface area contributed by atoms with Gasteiger partial charge < -0.3 is 19.9 Å². The van der Waals surface area contributed by atoms with Crippen molar-refractivity contribution in [3.05, 3.63) is 9.33 Å². The highest BCUT2D eigenvalue weighted by molar-refractivity contribution is 7.73. The number of aromatic nitrogens is 1. The van der Waals surface area contributed by atoms with Gasteiger partial charge in [-0.1, -0.05) is 0 Å². The topological polar surface area (TPSA) is 72.7 Å². The van der Waals surface area contributed by atoms with E-state index < -0.39 is 0 Å². The van der Waals surface area contributed by atoms with Gasteiger partial charge in [0.25, 0.3) is 0 Å². The van der Waals surface area contributed by atoms with Gasteiger partial charge in [-0.15, -0.1) is 11.3 Å². The highest BCUT2D eigenvalue weighted by Crippen LogP contribution is 2.16. The molecule has 0 unspecified atom stereocenters. The number of thiazole rings is 1. The smallest absolute Gasteiger partial charge is 0.240 e. The first-order chi connectivity index (χ1) is 9.08.